The number of hydrogen-bond donors (Lipinski definition) is 4. The number of benzene rings is 1. The Morgan fingerprint density at radius 3 is 2.85 bits per heavy atom. The molecule has 20 heavy (non-hydrogen) atoms. The fourth-order valence-electron chi connectivity index (χ4n) is 2.04. The van der Waals surface area contributed by atoms with Crippen LogP contribution in [0.2, 0.25) is 0 Å². The number of amides is 1. The lowest BCUT2D eigenvalue weighted by molar-refractivity contribution is -0.121. The van der Waals surface area contributed by atoms with Crippen molar-refractivity contribution in [1.82, 2.24) is 5.32 Å². The van der Waals surface area contributed by atoms with Crippen LogP contribution < -0.4 is 5.32 Å². The van der Waals surface area contributed by atoms with E-state index in [1.807, 2.05) is 24.3 Å². The van der Waals surface area contributed by atoms with Gasteiger partial charge in [0.2, 0.25) is 5.91 Å². The van der Waals surface area contributed by atoms with Crippen molar-refractivity contribution in [1.29, 1.82) is 0 Å². The Hall–Kier alpha value is -1.44. The van der Waals surface area contributed by atoms with Crippen LogP contribution in [0.15, 0.2) is 34.9 Å². The molecule has 3 N–H and O–H groups in total. The monoisotopic (exact) mass is 293 g/mol. The van der Waals surface area contributed by atoms with Crippen molar-refractivity contribution in [3.05, 3.63) is 36.1 Å². The Labute approximate surface area is 122 Å². The number of fused-ring (bicyclic) bond motifs is 1. The molecule has 1 amide bonds. The van der Waals surface area contributed by atoms with Crippen molar-refractivity contribution >= 4 is 36.6 Å². The van der Waals surface area contributed by atoms with Crippen molar-refractivity contribution in [2.75, 3.05) is 5.75 Å². The van der Waals surface area contributed by atoms with E-state index in [4.69, 9.17) is 4.42 Å². The van der Waals surface area contributed by atoms with Crippen LogP contribution in [0.1, 0.15) is 12.0 Å². The van der Waals surface area contributed by atoms with Gasteiger partial charge in [0.1, 0.15) is 5.58 Å². The van der Waals surface area contributed by atoms with Gasteiger partial charge in [0.25, 0.3) is 0 Å². The Morgan fingerprint density at radius 1 is 1.40 bits per heavy atom. The number of rotatable bonds is 6. The molecule has 0 fully saturated rings. The third-order valence-electron chi connectivity index (χ3n) is 3.05. The summed E-state index contributed by atoms with van der Waals surface area (Å²) in [6, 6.07) is 7.47. The van der Waals surface area contributed by atoms with Gasteiger partial charge in [-0.25, -0.2) is 0 Å². The van der Waals surface area contributed by atoms with Gasteiger partial charge in [0, 0.05) is 11.8 Å². The number of thiol groups is 1. The summed E-state index contributed by atoms with van der Waals surface area (Å²) in [5.74, 6) is -0.622. The van der Waals surface area contributed by atoms with E-state index < -0.39 is 13.1 Å². The summed E-state index contributed by atoms with van der Waals surface area (Å²) < 4.78 is 5.39. The molecular formula is C13H16BNO4S. The lowest BCUT2D eigenvalue weighted by atomic mass is 9.76. The molecule has 0 saturated heterocycles. The van der Waals surface area contributed by atoms with Gasteiger partial charge in [0.15, 0.2) is 0 Å². The summed E-state index contributed by atoms with van der Waals surface area (Å²) in [6.07, 6.45) is 2.09. The number of furan rings is 1. The zero-order valence-corrected chi connectivity index (χ0v) is 11.7. The predicted octanol–water partition coefficient (Wildman–Crippen LogP) is 0.792. The third kappa shape index (κ3) is 3.56. The average Bonchev–Trinajstić information content (AvgIpc) is 2.82. The van der Waals surface area contributed by atoms with E-state index in [0.29, 0.717) is 5.75 Å². The first kappa shape index (κ1) is 15.0. The first-order valence-electron chi connectivity index (χ1n) is 6.33. The molecule has 0 saturated carbocycles. The number of carbonyl (C=O) groups is 1. The average molecular weight is 293 g/mol. The molecule has 1 heterocycles. The molecule has 2 rings (SSSR count). The third-order valence-corrected chi connectivity index (χ3v) is 3.27. The fourth-order valence-corrected chi connectivity index (χ4v) is 2.24. The van der Waals surface area contributed by atoms with Crippen LogP contribution >= 0.6 is 12.6 Å². The molecule has 0 bridgehead atoms. The lowest BCUT2D eigenvalue weighted by Crippen LogP contribution is -2.47. The van der Waals surface area contributed by atoms with Crippen LogP contribution in [-0.4, -0.2) is 34.8 Å². The van der Waals surface area contributed by atoms with Crippen molar-refractivity contribution in [3.8, 4) is 0 Å². The Balaban J connectivity index is 2.13. The second-order valence-electron chi connectivity index (χ2n) is 4.52. The number of nitrogens with one attached hydrogen (secondary N) is 1. The molecular weight excluding hydrogens is 277 g/mol. The summed E-state index contributed by atoms with van der Waals surface area (Å²) in [7, 11) is -1.63. The molecule has 106 valence electrons. The number of carbonyl (C=O) groups excluding carboxylic acids is 1. The van der Waals surface area contributed by atoms with Crippen molar-refractivity contribution in [2.24, 2.45) is 0 Å². The van der Waals surface area contributed by atoms with Crippen molar-refractivity contribution < 1.29 is 19.3 Å². The molecule has 0 spiro atoms. The minimum Gasteiger partial charge on any atom is -0.464 e. The van der Waals surface area contributed by atoms with Gasteiger partial charge < -0.3 is 19.8 Å². The smallest absolute Gasteiger partial charge is 0.464 e. The number of para-hydroxylation sites is 1. The molecule has 0 radical (unpaired) electrons. The van der Waals surface area contributed by atoms with Crippen molar-refractivity contribution in [2.45, 2.75) is 18.8 Å². The molecule has 0 unspecified atom stereocenters. The summed E-state index contributed by atoms with van der Waals surface area (Å²) in [4.78, 5) is 11.5. The summed E-state index contributed by atoms with van der Waals surface area (Å²) in [5.41, 5.74) is 1.56. The fraction of sp³-hybridized carbons (Fsp3) is 0.308. The van der Waals surface area contributed by atoms with Gasteiger partial charge in [-0.3, -0.25) is 4.79 Å². The van der Waals surface area contributed by atoms with Crippen molar-refractivity contribution in [3.63, 3.8) is 0 Å². The highest BCUT2D eigenvalue weighted by Crippen LogP contribution is 2.22. The second kappa shape index (κ2) is 6.83. The highest BCUT2D eigenvalue weighted by Gasteiger charge is 2.26. The van der Waals surface area contributed by atoms with E-state index in [-0.39, 0.29) is 18.7 Å². The molecule has 0 aliphatic rings. The zero-order chi connectivity index (χ0) is 14.5. The highest BCUT2D eigenvalue weighted by molar-refractivity contribution is 7.80. The van der Waals surface area contributed by atoms with Gasteiger partial charge in [-0.2, -0.15) is 12.6 Å². The molecule has 5 nitrogen and oxygen atoms in total. The maximum absolute atomic E-state index is 11.5. The second-order valence-corrected chi connectivity index (χ2v) is 4.97. The van der Waals surface area contributed by atoms with Gasteiger partial charge >= 0.3 is 7.12 Å². The largest absolute Gasteiger partial charge is 0.475 e. The predicted molar refractivity (Wildman–Crippen MR) is 80.5 cm³/mol. The maximum atomic E-state index is 11.5. The SMILES string of the molecule is O=C(CCS)N[C@H](Cc1coc2ccccc12)B(O)O. The van der Waals surface area contributed by atoms with E-state index in [1.54, 1.807) is 6.26 Å². The standard InChI is InChI=1S/C13H16BNO4S/c16-13(5-6-20)15-12(14(17)18)7-9-8-19-11-4-2-1-3-10(9)11/h1-4,8,12,17-18,20H,5-7H2,(H,15,16)/t12-/m1/s1. The van der Waals surface area contributed by atoms with Gasteiger partial charge in [-0.15, -0.1) is 0 Å². The van der Waals surface area contributed by atoms with E-state index in [9.17, 15) is 14.8 Å². The first-order chi connectivity index (χ1) is 9.61. The van der Waals surface area contributed by atoms with Crippen LogP contribution in [0.5, 0.6) is 0 Å². The van der Waals surface area contributed by atoms with Crippen LogP contribution in [-0.2, 0) is 11.2 Å². The Bertz CT molecular complexity index is 587. The molecule has 7 heteroatoms. The summed E-state index contributed by atoms with van der Waals surface area (Å²) in [5, 5.41) is 22.3. The van der Waals surface area contributed by atoms with Crippen LogP contribution in [0.3, 0.4) is 0 Å². The minimum atomic E-state index is -1.63. The molecule has 1 aromatic carbocycles. The minimum absolute atomic E-state index is 0.235. The van der Waals surface area contributed by atoms with E-state index in [2.05, 4.69) is 17.9 Å². The maximum Gasteiger partial charge on any atom is 0.475 e. The van der Waals surface area contributed by atoms with Gasteiger partial charge in [0.05, 0.1) is 12.2 Å². The Morgan fingerprint density at radius 2 is 2.15 bits per heavy atom. The highest BCUT2D eigenvalue weighted by atomic mass is 32.1. The first-order valence-corrected chi connectivity index (χ1v) is 6.96. The zero-order valence-electron chi connectivity index (χ0n) is 10.8. The summed E-state index contributed by atoms with van der Waals surface area (Å²) >= 11 is 3.97. The molecule has 2 aromatic rings. The van der Waals surface area contributed by atoms with Crippen LogP contribution in [0, 0.1) is 0 Å². The van der Waals surface area contributed by atoms with E-state index in [0.717, 1.165) is 16.5 Å². The summed E-state index contributed by atoms with van der Waals surface area (Å²) in [6.45, 7) is 0. The van der Waals surface area contributed by atoms with E-state index in [1.165, 1.54) is 0 Å². The normalized spacial score (nSPS) is 12.3. The van der Waals surface area contributed by atoms with Crippen LogP contribution in [0.25, 0.3) is 11.0 Å². The molecule has 0 aliphatic carbocycles. The molecule has 1 atom stereocenters. The quantitative estimate of drug-likeness (QED) is 0.469. The van der Waals surface area contributed by atoms with Gasteiger partial charge in [-0.1, -0.05) is 18.2 Å². The lowest BCUT2D eigenvalue weighted by Gasteiger charge is -2.17. The van der Waals surface area contributed by atoms with E-state index >= 15 is 0 Å². The molecule has 1 aromatic heterocycles. The topological polar surface area (TPSA) is 82.7 Å². The number of hydrogen-bond acceptors (Lipinski definition) is 5. The Kier molecular flexibility index (Phi) is 5.11. The van der Waals surface area contributed by atoms with Gasteiger partial charge in [-0.05, 0) is 23.8 Å². The molecule has 0 aliphatic heterocycles. The van der Waals surface area contributed by atoms with Crippen LogP contribution in [0.4, 0.5) is 0 Å².